The number of urea groups is 1. The average Bonchev–Trinajstić information content (AvgIpc) is 3.03. The van der Waals surface area contributed by atoms with Gasteiger partial charge < -0.3 is 10.6 Å². The Labute approximate surface area is 131 Å². The molecule has 2 rings (SSSR count). The summed E-state index contributed by atoms with van der Waals surface area (Å²) in [5, 5.41) is 7.99. The van der Waals surface area contributed by atoms with E-state index < -0.39 is 12.1 Å². The van der Waals surface area contributed by atoms with Crippen molar-refractivity contribution >= 4 is 11.9 Å². The van der Waals surface area contributed by atoms with Gasteiger partial charge in [-0.05, 0) is 25.3 Å². The third-order valence-corrected chi connectivity index (χ3v) is 4.55. The Morgan fingerprint density at radius 1 is 1.18 bits per heavy atom. The number of carbonyl (C=O) groups excluding carboxylic acids is 2. The summed E-state index contributed by atoms with van der Waals surface area (Å²) in [6.45, 7) is 2.53. The van der Waals surface area contributed by atoms with Crippen molar-refractivity contribution in [3.8, 4) is 0 Å². The lowest BCUT2D eigenvalue weighted by Crippen LogP contribution is -2.50. The molecule has 5 nitrogen and oxygen atoms in total. The Hall–Kier alpha value is -1.88. The van der Waals surface area contributed by atoms with E-state index in [1.54, 1.807) is 6.92 Å². The molecule has 1 fully saturated rings. The van der Waals surface area contributed by atoms with Crippen LogP contribution in [0.25, 0.3) is 0 Å². The number of benzene rings is 1. The smallest absolute Gasteiger partial charge is 0.321 e. The highest BCUT2D eigenvalue weighted by molar-refractivity contribution is 5.96. The van der Waals surface area contributed by atoms with Crippen LogP contribution in [0.2, 0.25) is 0 Å². The van der Waals surface area contributed by atoms with Gasteiger partial charge in [-0.2, -0.15) is 0 Å². The first-order chi connectivity index (χ1) is 10.6. The van der Waals surface area contributed by atoms with Crippen LogP contribution in [0.4, 0.5) is 4.79 Å². The number of nitrogens with one attached hydrogen (secondary N) is 3. The van der Waals surface area contributed by atoms with Crippen LogP contribution in [-0.2, 0) is 10.2 Å². The Morgan fingerprint density at radius 2 is 1.82 bits per heavy atom. The number of amides is 3. The summed E-state index contributed by atoms with van der Waals surface area (Å²) in [4.78, 5) is 23.1. The maximum atomic E-state index is 11.9. The Kier molecular flexibility index (Phi) is 5.55. The molecule has 22 heavy (non-hydrogen) atoms. The first kappa shape index (κ1) is 16.5. The minimum atomic E-state index is -0.475. The summed E-state index contributed by atoms with van der Waals surface area (Å²) >= 11 is 0. The molecule has 120 valence electrons. The van der Waals surface area contributed by atoms with Gasteiger partial charge in [-0.15, -0.1) is 0 Å². The van der Waals surface area contributed by atoms with Crippen LogP contribution in [-0.4, -0.2) is 31.6 Å². The highest BCUT2D eigenvalue weighted by Gasteiger charge is 2.35. The van der Waals surface area contributed by atoms with Gasteiger partial charge in [0, 0.05) is 19.0 Å². The van der Waals surface area contributed by atoms with Crippen molar-refractivity contribution in [1.29, 1.82) is 0 Å². The number of imide groups is 1. The van der Waals surface area contributed by atoms with Crippen molar-refractivity contribution in [2.75, 3.05) is 13.6 Å². The van der Waals surface area contributed by atoms with Crippen LogP contribution in [0.15, 0.2) is 30.3 Å². The minimum absolute atomic E-state index is 0.100. The molecule has 0 radical (unpaired) electrons. The maximum Gasteiger partial charge on any atom is 0.321 e. The minimum Gasteiger partial charge on any atom is -0.341 e. The van der Waals surface area contributed by atoms with Crippen molar-refractivity contribution in [1.82, 2.24) is 16.0 Å². The van der Waals surface area contributed by atoms with E-state index in [0.717, 1.165) is 19.4 Å². The van der Waals surface area contributed by atoms with Gasteiger partial charge in [0.05, 0.1) is 6.04 Å². The van der Waals surface area contributed by atoms with Crippen molar-refractivity contribution in [2.45, 2.75) is 44.1 Å². The number of rotatable bonds is 5. The molecule has 0 saturated heterocycles. The summed E-state index contributed by atoms with van der Waals surface area (Å²) < 4.78 is 0. The molecule has 1 unspecified atom stereocenters. The first-order valence-electron chi connectivity index (χ1n) is 7.89. The zero-order valence-electron chi connectivity index (χ0n) is 13.3. The van der Waals surface area contributed by atoms with Crippen LogP contribution >= 0.6 is 0 Å². The Bertz CT molecular complexity index is 510. The summed E-state index contributed by atoms with van der Waals surface area (Å²) in [6.07, 6.45) is 4.70. The van der Waals surface area contributed by atoms with Crippen LogP contribution in [0.3, 0.4) is 0 Å². The largest absolute Gasteiger partial charge is 0.341 e. The highest BCUT2D eigenvalue weighted by Crippen LogP contribution is 2.40. The first-order valence-corrected chi connectivity index (χ1v) is 7.89. The van der Waals surface area contributed by atoms with E-state index >= 15 is 0 Å². The monoisotopic (exact) mass is 303 g/mol. The lowest BCUT2D eigenvalue weighted by Gasteiger charge is -2.31. The van der Waals surface area contributed by atoms with Crippen molar-refractivity contribution in [3.05, 3.63) is 35.9 Å². The van der Waals surface area contributed by atoms with E-state index in [4.69, 9.17) is 0 Å². The molecule has 1 aromatic rings. The Morgan fingerprint density at radius 3 is 2.41 bits per heavy atom. The topological polar surface area (TPSA) is 70.2 Å². The predicted molar refractivity (Wildman–Crippen MR) is 86.7 cm³/mol. The predicted octanol–water partition coefficient (Wildman–Crippen LogP) is 1.93. The second-order valence-electron chi connectivity index (χ2n) is 6.02. The molecule has 1 aliphatic rings. The number of carbonyl (C=O) groups is 2. The summed E-state index contributed by atoms with van der Waals surface area (Å²) in [7, 11) is 1.49. The van der Waals surface area contributed by atoms with Crippen LogP contribution in [0, 0.1) is 0 Å². The lowest BCUT2D eigenvalue weighted by atomic mass is 9.78. The van der Waals surface area contributed by atoms with E-state index in [1.165, 1.54) is 25.5 Å². The van der Waals surface area contributed by atoms with Gasteiger partial charge in [0.15, 0.2) is 0 Å². The molecule has 5 heteroatoms. The zero-order valence-corrected chi connectivity index (χ0v) is 13.3. The van der Waals surface area contributed by atoms with Gasteiger partial charge in [0.2, 0.25) is 5.91 Å². The quantitative estimate of drug-likeness (QED) is 0.778. The second kappa shape index (κ2) is 7.40. The van der Waals surface area contributed by atoms with E-state index in [0.29, 0.717) is 0 Å². The molecule has 1 aromatic carbocycles. The summed E-state index contributed by atoms with van der Waals surface area (Å²) in [5.41, 5.74) is 1.43. The lowest BCUT2D eigenvalue weighted by molar-refractivity contribution is -0.121. The highest BCUT2D eigenvalue weighted by atomic mass is 16.2. The molecule has 0 heterocycles. The van der Waals surface area contributed by atoms with Crippen molar-refractivity contribution < 1.29 is 9.59 Å². The number of hydrogen-bond donors (Lipinski definition) is 3. The van der Waals surface area contributed by atoms with Crippen molar-refractivity contribution in [3.63, 3.8) is 0 Å². The third kappa shape index (κ3) is 3.85. The molecule has 0 aliphatic heterocycles. The second-order valence-corrected chi connectivity index (χ2v) is 6.02. The molecular formula is C17H25N3O2. The Balaban J connectivity index is 1.98. The molecule has 1 atom stereocenters. The van der Waals surface area contributed by atoms with Gasteiger partial charge in [-0.3, -0.25) is 10.1 Å². The molecule has 1 aliphatic carbocycles. The van der Waals surface area contributed by atoms with E-state index in [1.807, 2.05) is 6.07 Å². The van der Waals surface area contributed by atoms with Gasteiger partial charge in [-0.25, -0.2) is 4.79 Å². The van der Waals surface area contributed by atoms with Gasteiger partial charge in [0.25, 0.3) is 0 Å². The fourth-order valence-electron chi connectivity index (χ4n) is 3.13. The zero-order chi connectivity index (χ0) is 16.0. The maximum absolute atomic E-state index is 11.9. The fraction of sp³-hybridized carbons (Fsp3) is 0.529. The molecular weight excluding hydrogens is 278 g/mol. The molecule has 0 aromatic heterocycles. The molecule has 3 N–H and O–H groups in total. The molecule has 1 saturated carbocycles. The normalized spacial score (nSPS) is 17.7. The van der Waals surface area contributed by atoms with Gasteiger partial charge in [0.1, 0.15) is 0 Å². The van der Waals surface area contributed by atoms with Crippen molar-refractivity contribution in [2.24, 2.45) is 0 Å². The van der Waals surface area contributed by atoms with Gasteiger partial charge in [-0.1, -0.05) is 43.2 Å². The standard InChI is InChI=1S/C17H25N3O2/c1-13(15(21)20-16(22)18-2)19-12-17(10-6-7-11-17)14-8-4-3-5-9-14/h3-5,8-9,13,19H,6-7,10-12H2,1-2H3,(H2,18,20,21,22). The molecule has 3 amide bonds. The van der Waals surface area contributed by atoms with Crippen LogP contribution in [0.5, 0.6) is 0 Å². The SMILES string of the molecule is CNC(=O)NC(=O)C(C)NCC1(c2ccccc2)CCCC1. The fourth-order valence-corrected chi connectivity index (χ4v) is 3.13. The molecule has 0 bridgehead atoms. The van der Waals surface area contributed by atoms with Gasteiger partial charge >= 0.3 is 6.03 Å². The van der Waals surface area contributed by atoms with E-state index in [-0.39, 0.29) is 11.3 Å². The van der Waals surface area contributed by atoms with E-state index in [9.17, 15) is 9.59 Å². The van der Waals surface area contributed by atoms with Crippen LogP contribution < -0.4 is 16.0 Å². The summed E-state index contributed by atoms with van der Waals surface area (Å²) in [5.74, 6) is -0.305. The number of hydrogen-bond acceptors (Lipinski definition) is 3. The molecule has 0 spiro atoms. The van der Waals surface area contributed by atoms with E-state index in [2.05, 4.69) is 40.2 Å². The summed E-state index contributed by atoms with van der Waals surface area (Å²) in [6, 6.07) is 9.62. The average molecular weight is 303 g/mol. The third-order valence-electron chi connectivity index (χ3n) is 4.55. The van der Waals surface area contributed by atoms with Crippen LogP contribution in [0.1, 0.15) is 38.2 Å².